The molecule has 2 aliphatic rings. The summed E-state index contributed by atoms with van der Waals surface area (Å²) in [6.07, 6.45) is 0.794. The molecule has 0 aromatic heterocycles. The SMILES string of the molecule is COC(=O)/C=C(\C(=O)OC)N1C2C(C(=O)OC)=C(C(=O)OC)N1C(=O)c1ccccc12. The summed E-state index contributed by atoms with van der Waals surface area (Å²) in [6, 6.07) is 5.12. The monoisotopic (exact) mass is 430 g/mol. The van der Waals surface area contributed by atoms with Gasteiger partial charge in [0.05, 0.1) is 40.1 Å². The van der Waals surface area contributed by atoms with Crippen LogP contribution < -0.4 is 0 Å². The summed E-state index contributed by atoms with van der Waals surface area (Å²) in [5.74, 6) is -4.61. The Morgan fingerprint density at radius 1 is 0.903 bits per heavy atom. The summed E-state index contributed by atoms with van der Waals surface area (Å²) >= 11 is 0. The maximum absolute atomic E-state index is 13.3. The van der Waals surface area contributed by atoms with Crippen molar-refractivity contribution < 1.29 is 42.9 Å². The van der Waals surface area contributed by atoms with E-state index in [2.05, 4.69) is 4.74 Å². The van der Waals surface area contributed by atoms with Gasteiger partial charge in [-0.05, 0) is 11.6 Å². The number of rotatable bonds is 5. The van der Waals surface area contributed by atoms with Crippen molar-refractivity contribution in [2.75, 3.05) is 28.4 Å². The molecule has 162 valence electrons. The first-order chi connectivity index (χ1) is 14.8. The van der Waals surface area contributed by atoms with E-state index in [1.165, 1.54) is 6.07 Å². The highest BCUT2D eigenvalue weighted by Gasteiger charge is 2.55. The molecule has 0 aliphatic carbocycles. The molecule has 1 aromatic carbocycles. The molecule has 1 amide bonds. The number of carbonyl (C=O) groups is 5. The average molecular weight is 430 g/mol. The zero-order valence-corrected chi connectivity index (χ0v) is 17.0. The molecule has 31 heavy (non-hydrogen) atoms. The van der Waals surface area contributed by atoms with Crippen molar-refractivity contribution in [3.05, 3.63) is 58.4 Å². The molecule has 2 aliphatic heterocycles. The summed E-state index contributed by atoms with van der Waals surface area (Å²) in [6.45, 7) is 0. The standard InChI is InChI=1S/C20H18N2O9/c1-28-13(23)9-12(18(25)29-2)21-15-10-7-5-6-8-11(10)17(24)22(21)16(20(27)31-4)14(15)19(26)30-3/h5-9,15H,1-4H3/b12-9+. The van der Waals surface area contributed by atoms with Crippen molar-refractivity contribution in [1.82, 2.24) is 10.0 Å². The maximum atomic E-state index is 13.3. The molecular weight excluding hydrogens is 412 g/mol. The van der Waals surface area contributed by atoms with Gasteiger partial charge < -0.3 is 18.9 Å². The summed E-state index contributed by atoms with van der Waals surface area (Å²) in [5, 5.41) is 1.82. The predicted molar refractivity (Wildman–Crippen MR) is 100 cm³/mol. The minimum absolute atomic E-state index is 0.186. The van der Waals surface area contributed by atoms with Gasteiger partial charge >= 0.3 is 23.9 Å². The molecule has 11 nitrogen and oxygen atoms in total. The van der Waals surface area contributed by atoms with Gasteiger partial charge in [0.15, 0.2) is 11.4 Å². The van der Waals surface area contributed by atoms with Crippen LogP contribution in [0.2, 0.25) is 0 Å². The summed E-state index contributed by atoms with van der Waals surface area (Å²) in [7, 11) is 4.34. The van der Waals surface area contributed by atoms with Crippen molar-refractivity contribution in [2.24, 2.45) is 0 Å². The van der Waals surface area contributed by atoms with Crippen LogP contribution in [0.3, 0.4) is 0 Å². The fraction of sp³-hybridized carbons (Fsp3) is 0.250. The van der Waals surface area contributed by atoms with E-state index in [1.54, 1.807) is 18.2 Å². The van der Waals surface area contributed by atoms with Crippen LogP contribution in [0.15, 0.2) is 47.3 Å². The van der Waals surface area contributed by atoms with Crippen molar-refractivity contribution >= 4 is 29.8 Å². The Kier molecular flexibility index (Phi) is 5.77. The van der Waals surface area contributed by atoms with Gasteiger partial charge in [-0.25, -0.2) is 24.2 Å². The molecule has 3 rings (SSSR count). The molecule has 1 atom stereocenters. The topological polar surface area (TPSA) is 129 Å². The van der Waals surface area contributed by atoms with E-state index in [4.69, 9.17) is 14.2 Å². The van der Waals surface area contributed by atoms with E-state index in [1.807, 2.05) is 0 Å². The van der Waals surface area contributed by atoms with E-state index in [0.717, 1.165) is 44.5 Å². The Morgan fingerprint density at radius 3 is 2.13 bits per heavy atom. The second-order valence-electron chi connectivity index (χ2n) is 6.24. The minimum Gasteiger partial charge on any atom is -0.466 e. The summed E-state index contributed by atoms with van der Waals surface area (Å²) < 4.78 is 19.0. The van der Waals surface area contributed by atoms with Gasteiger partial charge in [0.2, 0.25) is 0 Å². The lowest BCUT2D eigenvalue weighted by molar-refractivity contribution is -0.144. The number of nitrogens with zero attached hydrogens (tertiary/aromatic N) is 2. The van der Waals surface area contributed by atoms with Crippen molar-refractivity contribution in [3.8, 4) is 0 Å². The van der Waals surface area contributed by atoms with Crippen molar-refractivity contribution in [1.29, 1.82) is 0 Å². The fourth-order valence-electron chi connectivity index (χ4n) is 3.47. The summed E-state index contributed by atoms with van der Waals surface area (Å²) in [5.41, 5.74) is -0.635. The average Bonchev–Trinajstić information content (AvgIpc) is 3.10. The smallest absolute Gasteiger partial charge is 0.357 e. The molecule has 1 aromatic rings. The highest BCUT2D eigenvalue weighted by atomic mass is 16.5. The third kappa shape index (κ3) is 3.29. The van der Waals surface area contributed by atoms with Gasteiger partial charge in [0, 0.05) is 5.56 Å². The number of hydrazine groups is 1. The number of benzene rings is 1. The molecule has 2 heterocycles. The molecule has 0 radical (unpaired) electrons. The zero-order chi connectivity index (χ0) is 22.9. The number of carbonyl (C=O) groups excluding carboxylic acids is 5. The first-order valence-electron chi connectivity index (χ1n) is 8.83. The van der Waals surface area contributed by atoms with Gasteiger partial charge in [0.1, 0.15) is 6.04 Å². The minimum atomic E-state index is -1.16. The largest absolute Gasteiger partial charge is 0.466 e. The first kappa shape index (κ1) is 21.6. The predicted octanol–water partition coefficient (Wildman–Crippen LogP) is 0.244. The van der Waals surface area contributed by atoms with Crippen molar-refractivity contribution in [3.63, 3.8) is 0 Å². The van der Waals surface area contributed by atoms with E-state index in [0.29, 0.717) is 5.56 Å². The Bertz CT molecular complexity index is 1060. The molecule has 0 N–H and O–H groups in total. The van der Waals surface area contributed by atoms with Crippen LogP contribution in [-0.4, -0.2) is 68.2 Å². The molecule has 0 saturated heterocycles. The molecule has 0 fully saturated rings. The number of ether oxygens (including phenoxy) is 4. The molecule has 0 spiro atoms. The Labute approximate surface area is 176 Å². The second kappa shape index (κ2) is 8.30. The highest BCUT2D eigenvalue weighted by molar-refractivity contribution is 6.11. The van der Waals surface area contributed by atoms with E-state index in [-0.39, 0.29) is 11.1 Å². The van der Waals surface area contributed by atoms with E-state index >= 15 is 0 Å². The molecule has 1 unspecified atom stereocenters. The third-order valence-electron chi connectivity index (χ3n) is 4.76. The van der Waals surface area contributed by atoms with Crippen molar-refractivity contribution in [2.45, 2.75) is 6.04 Å². The molecular formula is C20H18N2O9. The Balaban J connectivity index is 2.37. The fourth-order valence-corrected chi connectivity index (χ4v) is 3.47. The number of hydrogen-bond acceptors (Lipinski definition) is 10. The lowest BCUT2D eigenvalue weighted by atomic mass is 9.93. The number of methoxy groups -OCH3 is 4. The van der Waals surface area contributed by atoms with Gasteiger partial charge in [-0.2, -0.15) is 0 Å². The number of amides is 1. The van der Waals surface area contributed by atoms with Gasteiger partial charge in [-0.1, -0.05) is 18.2 Å². The Hall–Kier alpha value is -4.15. The number of hydrogen-bond donors (Lipinski definition) is 0. The van der Waals surface area contributed by atoms with Gasteiger partial charge in [0.25, 0.3) is 5.91 Å². The molecule has 11 heteroatoms. The lowest BCUT2D eigenvalue weighted by Gasteiger charge is -2.40. The molecule has 2 bridgehead atoms. The van der Waals surface area contributed by atoms with Crippen LogP contribution in [-0.2, 0) is 38.1 Å². The van der Waals surface area contributed by atoms with Crippen LogP contribution >= 0.6 is 0 Å². The van der Waals surface area contributed by atoms with E-state index in [9.17, 15) is 24.0 Å². The summed E-state index contributed by atoms with van der Waals surface area (Å²) in [4.78, 5) is 63.2. The van der Waals surface area contributed by atoms with Gasteiger partial charge in [-0.3, -0.25) is 9.80 Å². The molecule has 0 saturated carbocycles. The van der Waals surface area contributed by atoms with Crippen LogP contribution in [0, 0.1) is 0 Å². The van der Waals surface area contributed by atoms with Gasteiger partial charge in [-0.15, -0.1) is 0 Å². The lowest BCUT2D eigenvalue weighted by Crippen LogP contribution is -2.49. The Morgan fingerprint density at radius 2 is 1.55 bits per heavy atom. The first-order valence-corrected chi connectivity index (χ1v) is 8.83. The number of fused-ring (bicyclic) bond motifs is 4. The van der Waals surface area contributed by atoms with Crippen LogP contribution in [0.4, 0.5) is 0 Å². The third-order valence-corrected chi connectivity index (χ3v) is 4.76. The maximum Gasteiger partial charge on any atom is 0.357 e. The number of esters is 4. The quantitative estimate of drug-likeness (QED) is 0.364. The van der Waals surface area contributed by atoms with Crippen LogP contribution in [0.5, 0.6) is 0 Å². The zero-order valence-electron chi connectivity index (χ0n) is 17.0. The van der Waals surface area contributed by atoms with Crippen LogP contribution in [0.25, 0.3) is 0 Å². The highest BCUT2D eigenvalue weighted by Crippen LogP contribution is 2.48. The second-order valence-corrected chi connectivity index (χ2v) is 6.24. The van der Waals surface area contributed by atoms with Crippen LogP contribution in [0.1, 0.15) is 22.0 Å². The van der Waals surface area contributed by atoms with E-state index < -0.39 is 47.2 Å². The normalized spacial score (nSPS) is 17.2.